The van der Waals surface area contributed by atoms with Crippen LogP contribution in [0.1, 0.15) is 15.9 Å². The quantitative estimate of drug-likeness (QED) is 0.727. The minimum Gasteiger partial charge on any atom is -0.478 e. The molecule has 0 spiro atoms. The van der Waals surface area contributed by atoms with Crippen molar-refractivity contribution in [3.63, 3.8) is 0 Å². The maximum Gasteiger partial charge on any atom is 0.335 e. The van der Waals surface area contributed by atoms with Crippen molar-refractivity contribution >= 4 is 16.9 Å². The second kappa shape index (κ2) is 4.28. The molecule has 0 radical (unpaired) electrons. The summed E-state index contributed by atoms with van der Waals surface area (Å²) in [6, 6.07) is 15.2. The largest absolute Gasteiger partial charge is 0.478 e. The third-order valence-electron chi connectivity index (χ3n) is 3.22. The van der Waals surface area contributed by atoms with E-state index in [1.165, 1.54) is 5.56 Å². The van der Waals surface area contributed by atoms with E-state index in [0.29, 0.717) is 5.56 Å². The highest BCUT2D eigenvalue weighted by molar-refractivity contribution is 5.89. The Labute approximate surface area is 110 Å². The van der Waals surface area contributed by atoms with Crippen molar-refractivity contribution in [2.45, 2.75) is 6.92 Å². The lowest BCUT2D eigenvalue weighted by Crippen LogP contribution is -1.94. The van der Waals surface area contributed by atoms with Gasteiger partial charge in [0.15, 0.2) is 0 Å². The van der Waals surface area contributed by atoms with Crippen molar-refractivity contribution < 1.29 is 9.90 Å². The molecule has 0 unspecified atom stereocenters. The van der Waals surface area contributed by atoms with Gasteiger partial charge in [-0.1, -0.05) is 23.8 Å². The van der Waals surface area contributed by atoms with E-state index in [-0.39, 0.29) is 0 Å². The number of hydrogen-bond acceptors (Lipinski definition) is 1. The number of rotatable bonds is 2. The normalized spacial score (nSPS) is 10.8. The van der Waals surface area contributed by atoms with Crippen LogP contribution in [0, 0.1) is 6.92 Å². The van der Waals surface area contributed by atoms with Gasteiger partial charge < -0.3 is 10.1 Å². The lowest BCUT2D eigenvalue weighted by Gasteiger charge is -1.98. The lowest BCUT2D eigenvalue weighted by molar-refractivity contribution is 0.0697. The van der Waals surface area contributed by atoms with Gasteiger partial charge in [0.2, 0.25) is 0 Å². The molecular formula is C16H13NO2. The standard InChI is InChI=1S/C16H13NO2/c1-10-2-7-14-13(8-10)9-15(17-14)11-3-5-12(6-4-11)16(18)19/h2-9,17H,1H3,(H,18,19). The van der Waals surface area contributed by atoms with Crippen LogP contribution < -0.4 is 0 Å². The van der Waals surface area contributed by atoms with Gasteiger partial charge in [-0.25, -0.2) is 4.79 Å². The van der Waals surface area contributed by atoms with Gasteiger partial charge in [0.25, 0.3) is 0 Å². The number of carboxylic acids is 1. The SMILES string of the molecule is Cc1ccc2[nH]c(-c3ccc(C(=O)O)cc3)cc2c1. The minimum absolute atomic E-state index is 0.302. The number of aromatic nitrogens is 1. The van der Waals surface area contributed by atoms with Crippen molar-refractivity contribution in [1.29, 1.82) is 0 Å². The van der Waals surface area contributed by atoms with E-state index < -0.39 is 5.97 Å². The van der Waals surface area contributed by atoms with Gasteiger partial charge in [0, 0.05) is 16.6 Å². The molecule has 1 aromatic heterocycles. The molecule has 0 aliphatic rings. The molecule has 3 aromatic rings. The van der Waals surface area contributed by atoms with Crippen LogP contribution >= 0.6 is 0 Å². The number of hydrogen-bond donors (Lipinski definition) is 2. The van der Waals surface area contributed by atoms with Gasteiger partial charge >= 0.3 is 5.97 Å². The molecule has 0 fully saturated rings. The Kier molecular flexibility index (Phi) is 2.60. The first-order valence-corrected chi connectivity index (χ1v) is 6.06. The highest BCUT2D eigenvalue weighted by Crippen LogP contribution is 2.25. The third kappa shape index (κ3) is 2.10. The summed E-state index contributed by atoms with van der Waals surface area (Å²) in [7, 11) is 0. The fourth-order valence-corrected chi connectivity index (χ4v) is 2.20. The molecule has 94 valence electrons. The summed E-state index contributed by atoms with van der Waals surface area (Å²) in [5.41, 5.74) is 4.59. The molecule has 0 saturated heterocycles. The molecule has 0 atom stereocenters. The number of aromatic carboxylic acids is 1. The van der Waals surface area contributed by atoms with E-state index >= 15 is 0 Å². The fourth-order valence-electron chi connectivity index (χ4n) is 2.20. The van der Waals surface area contributed by atoms with Crippen molar-refractivity contribution in [1.82, 2.24) is 4.98 Å². The second-order valence-corrected chi connectivity index (χ2v) is 4.66. The highest BCUT2D eigenvalue weighted by Gasteiger charge is 2.06. The van der Waals surface area contributed by atoms with Crippen LogP contribution in [0.4, 0.5) is 0 Å². The van der Waals surface area contributed by atoms with E-state index in [4.69, 9.17) is 5.11 Å². The van der Waals surface area contributed by atoms with Crippen LogP contribution in [0.5, 0.6) is 0 Å². The first-order valence-electron chi connectivity index (χ1n) is 6.06. The maximum atomic E-state index is 10.8. The summed E-state index contributed by atoms with van der Waals surface area (Å²) >= 11 is 0. The number of carboxylic acid groups (broad SMARTS) is 1. The molecule has 0 aliphatic carbocycles. The van der Waals surface area contributed by atoms with Gasteiger partial charge in [-0.2, -0.15) is 0 Å². The zero-order chi connectivity index (χ0) is 13.4. The first kappa shape index (κ1) is 11.5. The Hall–Kier alpha value is -2.55. The fraction of sp³-hybridized carbons (Fsp3) is 0.0625. The maximum absolute atomic E-state index is 10.8. The van der Waals surface area contributed by atoms with Crippen LogP contribution in [0.15, 0.2) is 48.5 Å². The summed E-state index contributed by atoms with van der Waals surface area (Å²) in [5, 5.41) is 10.0. The average molecular weight is 251 g/mol. The van der Waals surface area contributed by atoms with Crippen LogP contribution in [0.2, 0.25) is 0 Å². The molecule has 3 nitrogen and oxygen atoms in total. The summed E-state index contributed by atoms with van der Waals surface area (Å²) in [6.07, 6.45) is 0. The van der Waals surface area contributed by atoms with Gasteiger partial charge in [-0.05, 0) is 42.8 Å². The number of carbonyl (C=O) groups is 1. The Bertz CT molecular complexity index is 754. The van der Waals surface area contributed by atoms with Gasteiger partial charge in [0.05, 0.1) is 5.56 Å². The summed E-state index contributed by atoms with van der Waals surface area (Å²) in [4.78, 5) is 14.2. The Morgan fingerprint density at radius 1 is 1.05 bits per heavy atom. The van der Waals surface area contributed by atoms with Crippen LogP contribution in [0.25, 0.3) is 22.2 Å². The van der Waals surface area contributed by atoms with E-state index in [0.717, 1.165) is 22.2 Å². The Balaban J connectivity index is 2.06. The van der Waals surface area contributed by atoms with Crippen molar-refractivity contribution in [2.24, 2.45) is 0 Å². The van der Waals surface area contributed by atoms with Gasteiger partial charge in [0.1, 0.15) is 0 Å². The Morgan fingerprint density at radius 3 is 2.47 bits per heavy atom. The summed E-state index contributed by atoms with van der Waals surface area (Å²) < 4.78 is 0. The molecular weight excluding hydrogens is 238 g/mol. The molecule has 2 N–H and O–H groups in total. The van der Waals surface area contributed by atoms with E-state index in [9.17, 15) is 4.79 Å². The number of H-pyrrole nitrogens is 1. The van der Waals surface area contributed by atoms with E-state index in [1.807, 2.05) is 12.1 Å². The molecule has 2 aromatic carbocycles. The topological polar surface area (TPSA) is 53.1 Å². The van der Waals surface area contributed by atoms with Crippen LogP contribution in [0.3, 0.4) is 0 Å². The minimum atomic E-state index is -0.904. The zero-order valence-corrected chi connectivity index (χ0v) is 10.5. The molecule has 0 amide bonds. The molecule has 3 heteroatoms. The predicted octanol–water partition coefficient (Wildman–Crippen LogP) is 3.84. The summed E-state index contributed by atoms with van der Waals surface area (Å²) in [5.74, 6) is -0.904. The average Bonchev–Trinajstić information content (AvgIpc) is 2.81. The van der Waals surface area contributed by atoms with Gasteiger partial charge in [-0.15, -0.1) is 0 Å². The van der Waals surface area contributed by atoms with Crippen molar-refractivity contribution in [3.05, 3.63) is 59.7 Å². The highest BCUT2D eigenvalue weighted by atomic mass is 16.4. The number of fused-ring (bicyclic) bond motifs is 1. The van der Waals surface area contributed by atoms with Crippen molar-refractivity contribution in [2.75, 3.05) is 0 Å². The van der Waals surface area contributed by atoms with Crippen molar-refractivity contribution in [3.8, 4) is 11.3 Å². The smallest absolute Gasteiger partial charge is 0.335 e. The number of nitrogens with one attached hydrogen (secondary N) is 1. The molecule has 0 bridgehead atoms. The number of aryl methyl sites for hydroxylation is 1. The molecule has 0 aliphatic heterocycles. The number of benzene rings is 2. The molecule has 3 rings (SSSR count). The Morgan fingerprint density at radius 2 is 1.79 bits per heavy atom. The third-order valence-corrected chi connectivity index (χ3v) is 3.22. The predicted molar refractivity (Wildman–Crippen MR) is 75.4 cm³/mol. The van der Waals surface area contributed by atoms with Crippen LogP contribution in [-0.4, -0.2) is 16.1 Å². The second-order valence-electron chi connectivity index (χ2n) is 4.66. The van der Waals surface area contributed by atoms with E-state index in [2.05, 4.69) is 36.2 Å². The molecule has 0 saturated carbocycles. The van der Waals surface area contributed by atoms with E-state index in [1.54, 1.807) is 12.1 Å². The monoisotopic (exact) mass is 251 g/mol. The first-order chi connectivity index (χ1) is 9.13. The van der Waals surface area contributed by atoms with Gasteiger partial charge in [-0.3, -0.25) is 0 Å². The zero-order valence-electron chi connectivity index (χ0n) is 10.5. The van der Waals surface area contributed by atoms with Crippen LogP contribution in [-0.2, 0) is 0 Å². The number of aromatic amines is 1. The lowest BCUT2D eigenvalue weighted by atomic mass is 10.1. The molecule has 1 heterocycles. The summed E-state index contributed by atoms with van der Waals surface area (Å²) in [6.45, 7) is 2.06. The molecule has 19 heavy (non-hydrogen) atoms.